The monoisotopic (exact) mass is 603 g/mol. The minimum Gasteiger partial charge on any atom is -0.473 e. The summed E-state index contributed by atoms with van der Waals surface area (Å²) in [7, 11) is 0. The lowest BCUT2D eigenvalue weighted by atomic mass is 9.93. The lowest BCUT2D eigenvalue weighted by Crippen LogP contribution is -2.35. The molecule has 0 bridgehead atoms. The number of hydrogen-bond donors (Lipinski definition) is 1. The number of pyridine rings is 1. The van der Waals surface area contributed by atoms with Crippen molar-refractivity contribution in [2.24, 2.45) is 0 Å². The number of carbonyl (C=O) groups excluding carboxylic acids is 1. The lowest BCUT2D eigenvalue weighted by Gasteiger charge is -2.32. The summed E-state index contributed by atoms with van der Waals surface area (Å²) in [5.41, 5.74) is 4.00. The summed E-state index contributed by atoms with van der Waals surface area (Å²) < 4.78 is 28.0. The molecule has 0 radical (unpaired) electrons. The molecule has 1 atom stereocenters. The van der Waals surface area contributed by atoms with Gasteiger partial charge in [0, 0.05) is 46.5 Å². The zero-order valence-corrected chi connectivity index (χ0v) is 24.7. The van der Waals surface area contributed by atoms with Crippen molar-refractivity contribution in [2.75, 3.05) is 19.7 Å². The number of amides is 1. The number of aromatic nitrogens is 3. The van der Waals surface area contributed by atoms with E-state index < -0.39 is 0 Å². The normalized spacial score (nSPS) is 19.3. The van der Waals surface area contributed by atoms with Crippen molar-refractivity contribution in [2.45, 2.75) is 69.9 Å². The first kappa shape index (κ1) is 28.3. The van der Waals surface area contributed by atoms with Gasteiger partial charge >= 0.3 is 0 Å². The second-order valence-electron chi connectivity index (χ2n) is 11.8. The van der Waals surface area contributed by atoms with Crippen LogP contribution in [0.5, 0.6) is 5.88 Å². The SMILES string of the molecule is O=C(NC1CC1)c1ccc2c(c1)nc(CN1CCC(c3cccc(OCc4ccc(Cl)cc4F)n3)CC1)n2CC1CCO1. The van der Waals surface area contributed by atoms with Crippen molar-refractivity contribution < 1.29 is 18.7 Å². The third-order valence-corrected chi connectivity index (χ3v) is 8.92. The minimum absolute atomic E-state index is 0.0230. The standard InChI is InChI=1S/C33H35ClFN5O3/c34-24-6-4-23(27(35)17-24)20-43-32-3-1-2-28(38-32)21-10-13-39(14-11-21)19-31-37-29-16-22(33(41)36-25-7-8-25)5-9-30(29)40(31)18-26-12-15-42-26/h1-6,9,16-17,21,25-26H,7-8,10-15,18-20H2,(H,36,41). The van der Waals surface area contributed by atoms with E-state index in [0.717, 1.165) is 87.4 Å². The number of hydrogen-bond acceptors (Lipinski definition) is 6. The molecule has 2 aromatic heterocycles. The maximum absolute atomic E-state index is 14.2. The molecule has 0 spiro atoms. The molecule has 43 heavy (non-hydrogen) atoms. The third kappa shape index (κ3) is 6.54. The lowest BCUT2D eigenvalue weighted by molar-refractivity contribution is -0.0592. The van der Waals surface area contributed by atoms with Crippen LogP contribution >= 0.6 is 11.6 Å². The van der Waals surface area contributed by atoms with Gasteiger partial charge in [-0.2, -0.15) is 0 Å². The first-order valence-corrected chi connectivity index (χ1v) is 15.5. The van der Waals surface area contributed by atoms with Crippen molar-refractivity contribution in [3.8, 4) is 5.88 Å². The van der Waals surface area contributed by atoms with E-state index in [1.54, 1.807) is 12.1 Å². The number of imidazole rings is 1. The summed E-state index contributed by atoms with van der Waals surface area (Å²) in [5, 5.41) is 3.44. The molecule has 8 nitrogen and oxygen atoms in total. The van der Waals surface area contributed by atoms with Crippen molar-refractivity contribution in [1.82, 2.24) is 24.8 Å². The first-order valence-electron chi connectivity index (χ1n) is 15.2. The third-order valence-electron chi connectivity index (χ3n) is 8.69. The van der Waals surface area contributed by atoms with Gasteiger partial charge in [0.15, 0.2) is 0 Å². The smallest absolute Gasteiger partial charge is 0.251 e. The largest absolute Gasteiger partial charge is 0.473 e. The number of rotatable bonds is 10. The van der Waals surface area contributed by atoms with E-state index >= 15 is 0 Å². The molecule has 224 valence electrons. The van der Waals surface area contributed by atoms with Crippen LogP contribution in [-0.2, 0) is 24.4 Å². The van der Waals surface area contributed by atoms with Crippen LogP contribution in [0.15, 0.2) is 54.6 Å². The summed E-state index contributed by atoms with van der Waals surface area (Å²) in [6.07, 6.45) is 5.32. The van der Waals surface area contributed by atoms with Crippen LogP contribution in [-0.4, -0.2) is 57.2 Å². The highest BCUT2D eigenvalue weighted by atomic mass is 35.5. The quantitative estimate of drug-likeness (QED) is 0.244. The van der Waals surface area contributed by atoms with Crippen molar-refractivity contribution in [1.29, 1.82) is 0 Å². The minimum atomic E-state index is -0.385. The summed E-state index contributed by atoms with van der Waals surface area (Å²) in [6, 6.07) is 16.6. The van der Waals surface area contributed by atoms with Gasteiger partial charge in [-0.3, -0.25) is 9.69 Å². The van der Waals surface area contributed by atoms with Gasteiger partial charge < -0.3 is 19.4 Å². The average molecular weight is 604 g/mol. The number of halogens is 2. The Morgan fingerprint density at radius 3 is 2.63 bits per heavy atom. The molecule has 4 heterocycles. The Kier molecular flexibility index (Phi) is 8.03. The fourth-order valence-electron chi connectivity index (χ4n) is 5.89. The molecule has 1 unspecified atom stereocenters. The summed E-state index contributed by atoms with van der Waals surface area (Å²) >= 11 is 5.86. The Bertz CT molecular complexity index is 1630. The maximum atomic E-state index is 14.2. The van der Waals surface area contributed by atoms with Crippen molar-refractivity contribution in [3.05, 3.63) is 88.1 Å². The van der Waals surface area contributed by atoms with Gasteiger partial charge in [-0.15, -0.1) is 0 Å². The summed E-state index contributed by atoms with van der Waals surface area (Å²) in [6.45, 7) is 4.26. The number of nitrogens with zero attached hydrogens (tertiary/aromatic N) is 4. The summed E-state index contributed by atoms with van der Waals surface area (Å²) in [4.78, 5) is 24.9. The molecule has 1 saturated carbocycles. The van der Waals surface area contributed by atoms with Gasteiger partial charge in [0.2, 0.25) is 5.88 Å². The van der Waals surface area contributed by atoms with E-state index in [4.69, 9.17) is 31.0 Å². The Morgan fingerprint density at radius 1 is 1.05 bits per heavy atom. The van der Waals surface area contributed by atoms with Gasteiger partial charge in [-0.1, -0.05) is 23.7 Å². The van der Waals surface area contributed by atoms with E-state index in [-0.39, 0.29) is 24.4 Å². The second kappa shape index (κ2) is 12.2. The van der Waals surface area contributed by atoms with E-state index in [2.05, 4.69) is 14.8 Å². The van der Waals surface area contributed by atoms with Gasteiger partial charge in [-0.05, 0) is 81.6 Å². The van der Waals surface area contributed by atoms with Crippen LogP contribution in [0.4, 0.5) is 4.39 Å². The van der Waals surface area contributed by atoms with Crippen LogP contribution in [0.2, 0.25) is 5.02 Å². The van der Waals surface area contributed by atoms with Crippen molar-refractivity contribution in [3.63, 3.8) is 0 Å². The predicted octanol–water partition coefficient (Wildman–Crippen LogP) is 5.86. The van der Waals surface area contributed by atoms with Crippen LogP contribution < -0.4 is 10.1 Å². The van der Waals surface area contributed by atoms with E-state index in [1.165, 1.54) is 6.07 Å². The number of ether oxygens (including phenoxy) is 2. The summed E-state index contributed by atoms with van der Waals surface area (Å²) in [5.74, 6) is 1.41. The van der Waals surface area contributed by atoms with Gasteiger partial charge in [0.05, 0.1) is 30.2 Å². The van der Waals surface area contributed by atoms with E-state index in [0.29, 0.717) is 34.0 Å². The molecular formula is C33H35ClFN5O3. The molecule has 3 aliphatic rings. The number of benzene rings is 2. The molecule has 1 amide bonds. The number of piperidine rings is 1. The Labute approximate surface area is 255 Å². The van der Waals surface area contributed by atoms with Crippen molar-refractivity contribution >= 4 is 28.5 Å². The number of likely N-dealkylation sites (tertiary alicyclic amines) is 1. The fourth-order valence-corrected chi connectivity index (χ4v) is 6.05. The molecule has 7 rings (SSSR count). The molecule has 4 aromatic rings. The van der Waals surface area contributed by atoms with Crippen LogP contribution in [0, 0.1) is 5.82 Å². The Morgan fingerprint density at radius 2 is 1.88 bits per heavy atom. The Hall–Kier alpha value is -3.53. The van der Waals surface area contributed by atoms with Crippen LogP contribution in [0.1, 0.15) is 65.5 Å². The number of nitrogens with one attached hydrogen (secondary N) is 1. The highest BCUT2D eigenvalue weighted by molar-refractivity contribution is 6.30. The first-order chi connectivity index (χ1) is 21.0. The molecule has 1 aliphatic carbocycles. The number of fused-ring (bicyclic) bond motifs is 1. The zero-order valence-electron chi connectivity index (χ0n) is 24.0. The predicted molar refractivity (Wildman–Crippen MR) is 162 cm³/mol. The topological polar surface area (TPSA) is 81.5 Å². The zero-order chi connectivity index (χ0) is 29.3. The van der Waals surface area contributed by atoms with Crippen LogP contribution in [0.25, 0.3) is 11.0 Å². The molecule has 10 heteroatoms. The molecular weight excluding hydrogens is 569 g/mol. The molecule has 2 aromatic carbocycles. The van der Waals surface area contributed by atoms with Gasteiger partial charge in [0.25, 0.3) is 5.91 Å². The molecule has 2 saturated heterocycles. The highest BCUT2D eigenvalue weighted by Crippen LogP contribution is 2.30. The number of carbonyl (C=O) groups is 1. The van der Waals surface area contributed by atoms with Crippen LogP contribution in [0.3, 0.4) is 0 Å². The second-order valence-corrected chi connectivity index (χ2v) is 12.3. The molecule has 3 fully saturated rings. The highest BCUT2D eigenvalue weighted by Gasteiger charge is 2.27. The van der Waals surface area contributed by atoms with E-state index in [1.807, 2.05) is 36.4 Å². The Balaban J connectivity index is 1.01. The van der Waals surface area contributed by atoms with Gasteiger partial charge in [0.1, 0.15) is 18.2 Å². The maximum Gasteiger partial charge on any atom is 0.251 e. The molecule has 2 aliphatic heterocycles. The fraction of sp³-hybridized carbons (Fsp3) is 0.424. The molecule has 1 N–H and O–H groups in total. The average Bonchev–Trinajstić information content (AvgIpc) is 3.74. The van der Waals surface area contributed by atoms with Gasteiger partial charge in [-0.25, -0.2) is 14.4 Å². The van der Waals surface area contributed by atoms with E-state index in [9.17, 15) is 9.18 Å².